The van der Waals surface area contributed by atoms with Crippen LogP contribution in [0.5, 0.6) is 11.5 Å². The number of furan rings is 1. The van der Waals surface area contributed by atoms with Gasteiger partial charge in [0.05, 0.1) is 17.5 Å². The molecule has 0 saturated carbocycles. The van der Waals surface area contributed by atoms with Crippen molar-refractivity contribution in [1.82, 2.24) is 5.32 Å². The molecule has 0 saturated heterocycles. The lowest BCUT2D eigenvalue weighted by Crippen LogP contribution is -2.19. The van der Waals surface area contributed by atoms with Gasteiger partial charge in [-0.15, -0.1) is 0 Å². The van der Waals surface area contributed by atoms with Gasteiger partial charge in [0.15, 0.2) is 11.5 Å². The van der Waals surface area contributed by atoms with Gasteiger partial charge >= 0.3 is 0 Å². The van der Waals surface area contributed by atoms with Gasteiger partial charge < -0.3 is 19.2 Å². The molecular weight excluding hydrogens is 306 g/mol. The van der Waals surface area contributed by atoms with E-state index in [1.165, 1.54) is 6.08 Å². The van der Waals surface area contributed by atoms with Gasteiger partial charge in [0.2, 0.25) is 5.91 Å². The minimum atomic E-state index is -0.202. The minimum absolute atomic E-state index is 0.202. The van der Waals surface area contributed by atoms with E-state index in [0.717, 1.165) is 11.1 Å². The summed E-state index contributed by atoms with van der Waals surface area (Å²) in [4.78, 5) is 11.8. The summed E-state index contributed by atoms with van der Waals surface area (Å²) in [6, 6.07) is 5.32. The maximum atomic E-state index is 11.8. The highest BCUT2D eigenvalue weighted by Gasteiger charge is 2.15. The average Bonchev–Trinajstić information content (AvgIpc) is 3.04. The van der Waals surface area contributed by atoms with Gasteiger partial charge in [-0.2, -0.15) is 0 Å². The largest absolute Gasteiger partial charge is 0.486 e. The lowest BCUT2D eigenvalue weighted by molar-refractivity contribution is -0.116. The third-order valence-corrected chi connectivity index (χ3v) is 3.37. The fraction of sp³-hybridized carbons (Fsp3) is 0.188. The van der Waals surface area contributed by atoms with E-state index in [0.29, 0.717) is 36.3 Å². The van der Waals surface area contributed by atoms with Crippen molar-refractivity contribution in [2.75, 3.05) is 13.2 Å². The van der Waals surface area contributed by atoms with Gasteiger partial charge in [-0.3, -0.25) is 4.79 Å². The van der Waals surface area contributed by atoms with Crippen LogP contribution in [0.1, 0.15) is 11.1 Å². The number of amides is 1. The first-order valence-electron chi connectivity index (χ1n) is 6.78. The topological polar surface area (TPSA) is 60.7 Å². The van der Waals surface area contributed by atoms with Crippen molar-refractivity contribution < 1.29 is 18.7 Å². The molecular formula is C16H14ClNO4. The Hall–Kier alpha value is -2.40. The molecule has 22 heavy (non-hydrogen) atoms. The molecule has 5 nitrogen and oxygen atoms in total. The molecule has 114 valence electrons. The van der Waals surface area contributed by atoms with Gasteiger partial charge in [-0.05, 0) is 29.8 Å². The summed E-state index contributed by atoms with van der Waals surface area (Å²) in [6.07, 6.45) is 6.27. The predicted molar refractivity (Wildman–Crippen MR) is 82.0 cm³/mol. The summed E-state index contributed by atoms with van der Waals surface area (Å²) in [5.41, 5.74) is 1.68. The zero-order valence-corrected chi connectivity index (χ0v) is 12.4. The molecule has 1 aliphatic heterocycles. The van der Waals surface area contributed by atoms with E-state index >= 15 is 0 Å². The van der Waals surface area contributed by atoms with Crippen LogP contribution >= 0.6 is 11.6 Å². The van der Waals surface area contributed by atoms with Crippen LogP contribution in [0.2, 0.25) is 5.02 Å². The highest BCUT2D eigenvalue weighted by molar-refractivity contribution is 6.32. The van der Waals surface area contributed by atoms with Crippen molar-refractivity contribution in [3.8, 4) is 11.5 Å². The molecule has 1 aromatic heterocycles. The van der Waals surface area contributed by atoms with Gasteiger partial charge in [0.25, 0.3) is 0 Å². The quantitative estimate of drug-likeness (QED) is 0.880. The van der Waals surface area contributed by atoms with Crippen LogP contribution in [0.3, 0.4) is 0 Å². The van der Waals surface area contributed by atoms with Crippen molar-refractivity contribution in [2.45, 2.75) is 6.54 Å². The van der Waals surface area contributed by atoms with Crippen LogP contribution in [0.25, 0.3) is 6.08 Å². The normalized spacial score (nSPS) is 13.3. The zero-order chi connectivity index (χ0) is 15.4. The van der Waals surface area contributed by atoms with Crippen molar-refractivity contribution >= 4 is 23.6 Å². The average molecular weight is 320 g/mol. The fourth-order valence-electron chi connectivity index (χ4n) is 2.04. The van der Waals surface area contributed by atoms with E-state index in [4.69, 9.17) is 25.5 Å². The molecule has 6 heteroatoms. The summed E-state index contributed by atoms with van der Waals surface area (Å²) in [5, 5.41) is 3.23. The van der Waals surface area contributed by atoms with Crippen molar-refractivity contribution in [2.24, 2.45) is 0 Å². The van der Waals surface area contributed by atoms with Gasteiger partial charge in [-0.25, -0.2) is 0 Å². The van der Waals surface area contributed by atoms with Crippen LogP contribution < -0.4 is 14.8 Å². The molecule has 1 aliphatic rings. The van der Waals surface area contributed by atoms with Crippen LogP contribution in [0, 0.1) is 0 Å². The van der Waals surface area contributed by atoms with E-state index in [1.54, 1.807) is 36.8 Å². The third kappa shape index (κ3) is 3.43. The molecule has 3 rings (SSSR count). The first-order chi connectivity index (χ1) is 10.7. The monoisotopic (exact) mass is 319 g/mol. The van der Waals surface area contributed by atoms with Gasteiger partial charge in [0, 0.05) is 18.2 Å². The molecule has 0 fully saturated rings. The molecule has 1 aromatic carbocycles. The molecule has 2 aromatic rings. The number of rotatable bonds is 4. The summed E-state index contributed by atoms with van der Waals surface area (Å²) in [7, 11) is 0. The maximum absolute atomic E-state index is 11.8. The predicted octanol–water partition coefficient (Wildman–Crippen LogP) is 3.03. The van der Waals surface area contributed by atoms with Crippen LogP contribution in [-0.4, -0.2) is 19.1 Å². The number of carbonyl (C=O) groups excluding carboxylic acids is 1. The van der Waals surface area contributed by atoms with Crippen LogP contribution in [-0.2, 0) is 11.3 Å². The smallest absolute Gasteiger partial charge is 0.244 e. The molecule has 0 radical (unpaired) electrons. The third-order valence-electron chi connectivity index (χ3n) is 3.09. The number of fused-ring (bicyclic) bond motifs is 1. The van der Waals surface area contributed by atoms with E-state index < -0.39 is 0 Å². The van der Waals surface area contributed by atoms with E-state index in [9.17, 15) is 4.79 Å². The van der Waals surface area contributed by atoms with Gasteiger partial charge in [-0.1, -0.05) is 11.6 Å². The molecule has 2 heterocycles. The highest BCUT2D eigenvalue weighted by atomic mass is 35.5. The van der Waals surface area contributed by atoms with E-state index in [-0.39, 0.29) is 5.91 Å². The Labute approximate surface area is 132 Å². The lowest BCUT2D eigenvalue weighted by Gasteiger charge is -2.19. The van der Waals surface area contributed by atoms with Gasteiger partial charge in [0.1, 0.15) is 13.2 Å². The first kappa shape index (κ1) is 14.5. The number of hydrogen-bond acceptors (Lipinski definition) is 4. The zero-order valence-electron chi connectivity index (χ0n) is 11.7. The van der Waals surface area contributed by atoms with Crippen LogP contribution in [0.15, 0.2) is 41.2 Å². The maximum Gasteiger partial charge on any atom is 0.244 e. The Kier molecular flexibility index (Phi) is 4.34. The second-order valence-corrected chi connectivity index (χ2v) is 5.12. The summed E-state index contributed by atoms with van der Waals surface area (Å²) < 4.78 is 15.9. The first-order valence-corrected chi connectivity index (χ1v) is 7.16. The molecule has 1 amide bonds. The Morgan fingerprint density at radius 2 is 2.18 bits per heavy atom. The molecule has 1 N–H and O–H groups in total. The fourth-order valence-corrected chi connectivity index (χ4v) is 2.31. The Morgan fingerprint density at radius 1 is 1.32 bits per heavy atom. The number of hydrogen-bond donors (Lipinski definition) is 1. The SMILES string of the molecule is O=C(/C=C\c1cc(Cl)c2c(c1)OCCO2)NCc1ccoc1. The number of ether oxygens (including phenoxy) is 2. The number of benzene rings is 1. The number of halogens is 1. The second kappa shape index (κ2) is 6.58. The van der Waals surface area contributed by atoms with Crippen molar-refractivity contribution in [1.29, 1.82) is 0 Å². The molecule has 0 bridgehead atoms. The Bertz CT molecular complexity index is 694. The highest BCUT2D eigenvalue weighted by Crippen LogP contribution is 2.38. The Balaban J connectivity index is 1.64. The van der Waals surface area contributed by atoms with E-state index in [2.05, 4.69) is 5.32 Å². The lowest BCUT2D eigenvalue weighted by atomic mass is 10.1. The molecule has 0 unspecified atom stereocenters. The summed E-state index contributed by atoms with van der Waals surface area (Å²) in [5.74, 6) is 0.943. The van der Waals surface area contributed by atoms with Crippen molar-refractivity contribution in [3.63, 3.8) is 0 Å². The van der Waals surface area contributed by atoms with Crippen molar-refractivity contribution in [3.05, 3.63) is 53.0 Å². The number of carbonyl (C=O) groups is 1. The number of nitrogens with one attached hydrogen (secondary N) is 1. The molecule has 0 atom stereocenters. The minimum Gasteiger partial charge on any atom is -0.486 e. The summed E-state index contributed by atoms with van der Waals surface area (Å²) >= 11 is 6.14. The van der Waals surface area contributed by atoms with E-state index in [1.807, 2.05) is 0 Å². The van der Waals surface area contributed by atoms with Crippen LogP contribution in [0.4, 0.5) is 0 Å². The standard InChI is InChI=1S/C16H14ClNO4/c17-13-7-11(8-14-16(13)22-6-5-21-14)1-2-15(19)18-9-12-3-4-20-10-12/h1-4,7-8,10H,5-6,9H2,(H,18,19)/b2-1-. The Morgan fingerprint density at radius 3 is 3.00 bits per heavy atom. The summed E-state index contributed by atoms with van der Waals surface area (Å²) in [6.45, 7) is 1.39. The second-order valence-electron chi connectivity index (χ2n) is 4.71. The molecule has 0 spiro atoms. The molecule has 0 aliphatic carbocycles.